The average molecular weight is 267 g/mol. The van der Waals surface area contributed by atoms with Gasteiger partial charge >= 0.3 is 0 Å². The predicted molar refractivity (Wildman–Crippen MR) is 76.4 cm³/mol. The number of anilines is 1. The van der Waals surface area contributed by atoms with Gasteiger partial charge in [-0.1, -0.05) is 20.8 Å². The summed E-state index contributed by atoms with van der Waals surface area (Å²) in [5, 5.41) is 12.8. The van der Waals surface area contributed by atoms with Gasteiger partial charge in [0.05, 0.1) is 13.2 Å². The standard InChI is InChI=1S/C14H25N3O2/c1-4-7-19-13-8-12(16-11-17-13)15-9-14(5-2,6-3)10-18/h8,11,18H,4-7,9-10H2,1-3H3,(H,15,16,17). The molecule has 1 rings (SSSR count). The van der Waals surface area contributed by atoms with Crippen LogP contribution in [-0.4, -0.2) is 34.8 Å². The number of hydrogen-bond acceptors (Lipinski definition) is 5. The smallest absolute Gasteiger partial charge is 0.218 e. The molecule has 19 heavy (non-hydrogen) atoms. The molecule has 5 heteroatoms. The van der Waals surface area contributed by atoms with Crippen LogP contribution < -0.4 is 10.1 Å². The molecule has 0 radical (unpaired) electrons. The van der Waals surface area contributed by atoms with Crippen molar-refractivity contribution in [3.05, 3.63) is 12.4 Å². The average Bonchev–Trinajstić information content (AvgIpc) is 2.47. The second kappa shape index (κ2) is 7.94. The third kappa shape index (κ3) is 4.67. The van der Waals surface area contributed by atoms with Gasteiger partial charge in [0, 0.05) is 18.0 Å². The SMILES string of the molecule is CCCOc1cc(NCC(CC)(CC)CO)ncn1. The lowest BCUT2D eigenvalue weighted by atomic mass is 9.83. The van der Waals surface area contributed by atoms with Crippen LogP contribution >= 0.6 is 0 Å². The van der Waals surface area contributed by atoms with Gasteiger partial charge in [-0.2, -0.15) is 0 Å². The van der Waals surface area contributed by atoms with Gasteiger partial charge in [0.25, 0.3) is 0 Å². The van der Waals surface area contributed by atoms with Gasteiger partial charge in [-0.3, -0.25) is 0 Å². The Morgan fingerprint density at radius 2 is 2.00 bits per heavy atom. The van der Waals surface area contributed by atoms with Gasteiger partial charge in [0.2, 0.25) is 5.88 Å². The Balaban J connectivity index is 2.61. The van der Waals surface area contributed by atoms with Crippen LogP contribution in [0.3, 0.4) is 0 Å². The second-order valence-corrected chi connectivity index (χ2v) is 4.81. The Hall–Kier alpha value is -1.36. The minimum absolute atomic E-state index is 0.0879. The first-order valence-corrected chi connectivity index (χ1v) is 6.99. The molecule has 5 nitrogen and oxygen atoms in total. The maximum absolute atomic E-state index is 9.53. The summed E-state index contributed by atoms with van der Waals surface area (Å²) < 4.78 is 5.47. The summed E-state index contributed by atoms with van der Waals surface area (Å²) in [6.45, 7) is 7.77. The van der Waals surface area contributed by atoms with Crippen molar-refractivity contribution >= 4 is 5.82 Å². The lowest BCUT2D eigenvalue weighted by molar-refractivity contribution is 0.127. The highest BCUT2D eigenvalue weighted by molar-refractivity contribution is 5.37. The number of aliphatic hydroxyl groups excluding tert-OH is 1. The van der Waals surface area contributed by atoms with Crippen molar-refractivity contribution in [3.63, 3.8) is 0 Å². The van der Waals surface area contributed by atoms with E-state index in [1.165, 1.54) is 6.33 Å². The van der Waals surface area contributed by atoms with E-state index < -0.39 is 0 Å². The van der Waals surface area contributed by atoms with E-state index in [1.807, 2.05) is 0 Å². The molecule has 1 aromatic heterocycles. The maximum Gasteiger partial charge on any atom is 0.218 e. The molecule has 0 bridgehead atoms. The zero-order valence-electron chi connectivity index (χ0n) is 12.1. The molecular weight excluding hydrogens is 242 g/mol. The van der Waals surface area contributed by atoms with E-state index in [2.05, 4.69) is 36.1 Å². The first-order valence-electron chi connectivity index (χ1n) is 6.99. The summed E-state index contributed by atoms with van der Waals surface area (Å²) in [6, 6.07) is 1.79. The van der Waals surface area contributed by atoms with E-state index in [0.717, 1.165) is 25.1 Å². The van der Waals surface area contributed by atoms with Gasteiger partial charge in [-0.25, -0.2) is 9.97 Å². The van der Waals surface area contributed by atoms with Crippen LogP contribution in [0, 0.1) is 5.41 Å². The van der Waals surface area contributed by atoms with Crippen LogP contribution in [0.1, 0.15) is 40.0 Å². The van der Waals surface area contributed by atoms with Gasteiger partial charge in [-0.15, -0.1) is 0 Å². The molecule has 0 saturated carbocycles. The highest BCUT2D eigenvalue weighted by Gasteiger charge is 2.25. The quantitative estimate of drug-likeness (QED) is 0.719. The second-order valence-electron chi connectivity index (χ2n) is 4.81. The largest absolute Gasteiger partial charge is 0.478 e. The number of rotatable bonds is 9. The van der Waals surface area contributed by atoms with Gasteiger partial charge < -0.3 is 15.2 Å². The fourth-order valence-corrected chi connectivity index (χ4v) is 1.78. The number of ether oxygens (including phenoxy) is 1. The van der Waals surface area contributed by atoms with Gasteiger partial charge in [-0.05, 0) is 19.3 Å². The summed E-state index contributed by atoms with van der Waals surface area (Å²) in [7, 11) is 0. The van der Waals surface area contributed by atoms with E-state index in [1.54, 1.807) is 6.07 Å². The van der Waals surface area contributed by atoms with Crippen molar-refractivity contribution in [1.82, 2.24) is 9.97 Å². The Bertz CT molecular complexity index is 359. The Morgan fingerprint density at radius 3 is 2.58 bits per heavy atom. The molecule has 0 saturated heterocycles. The minimum atomic E-state index is -0.0879. The van der Waals surface area contributed by atoms with E-state index in [4.69, 9.17) is 4.74 Å². The molecule has 0 unspecified atom stereocenters. The predicted octanol–water partition coefficient (Wildman–Crippen LogP) is 2.48. The summed E-state index contributed by atoms with van der Waals surface area (Å²) in [5.41, 5.74) is -0.0879. The molecule has 1 heterocycles. The fourth-order valence-electron chi connectivity index (χ4n) is 1.78. The summed E-state index contributed by atoms with van der Waals surface area (Å²) in [4.78, 5) is 8.23. The van der Waals surface area contributed by atoms with E-state index in [9.17, 15) is 5.11 Å². The number of hydrogen-bond donors (Lipinski definition) is 2. The summed E-state index contributed by atoms with van der Waals surface area (Å²) in [5.74, 6) is 1.32. The highest BCUT2D eigenvalue weighted by atomic mass is 16.5. The number of nitrogens with zero attached hydrogens (tertiary/aromatic N) is 2. The highest BCUT2D eigenvalue weighted by Crippen LogP contribution is 2.26. The molecule has 1 aromatic rings. The molecular formula is C14H25N3O2. The lowest BCUT2D eigenvalue weighted by Gasteiger charge is -2.29. The Labute approximate surface area is 115 Å². The molecule has 0 spiro atoms. The molecule has 0 aromatic carbocycles. The van der Waals surface area contributed by atoms with Crippen molar-refractivity contribution in [1.29, 1.82) is 0 Å². The molecule has 0 aliphatic rings. The van der Waals surface area contributed by atoms with Crippen molar-refractivity contribution < 1.29 is 9.84 Å². The van der Waals surface area contributed by atoms with E-state index in [-0.39, 0.29) is 12.0 Å². The van der Waals surface area contributed by atoms with Crippen LogP contribution in [0.4, 0.5) is 5.82 Å². The molecule has 108 valence electrons. The number of aliphatic hydroxyl groups is 1. The maximum atomic E-state index is 9.53. The van der Waals surface area contributed by atoms with Crippen molar-refractivity contribution in [2.24, 2.45) is 5.41 Å². The molecule has 0 atom stereocenters. The van der Waals surface area contributed by atoms with Crippen LogP contribution in [-0.2, 0) is 0 Å². The monoisotopic (exact) mass is 267 g/mol. The topological polar surface area (TPSA) is 67.3 Å². The van der Waals surface area contributed by atoms with Crippen LogP contribution in [0.2, 0.25) is 0 Å². The first-order chi connectivity index (χ1) is 9.19. The van der Waals surface area contributed by atoms with Crippen LogP contribution in [0.25, 0.3) is 0 Å². The zero-order chi connectivity index (χ0) is 14.1. The first kappa shape index (κ1) is 15.7. The van der Waals surface area contributed by atoms with Crippen molar-refractivity contribution in [2.75, 3.05) is 25.1 Å². The van der Waals surface area contributed by atoms with Crippen molar-refractivity contribution in [2.45, 2.75) is 40.0 Å². The Morgan fingerprint density at radius 1 is 1.26 bits per heavy atom. The molecule has 0 fully saturated rings. The Kier molecular flexibility index (Phi) is 6.56. The molecule has 0 aliphatic heterocycles. The summed E-state index contributed by atoms with van der Waals surface area (Å²) in [6.07, 6.45) is 4.30. The van der Waals surface area contributed by atoms with E-state index in [0.29, 0.717) is 19.0 Å². The zero-order valence-corrected chi connectivity index (χ0v) is 12.1. The van der Waals surface area contributed by atoms with Crippen LogP contribution in [0.15, 0.2) is 12.4 Å². The fraction of sp³-hybridized carbons (Fsp3) is 0.714. The molecule has 2 N–H and O–H groups in total. The molecule has 0 aliphatic carbocycles. The normalized spacial score (nSPS) is 11.4. The molecule has 0 amide bonds. The third-order valence-corrected chi connectivity index (χ3v) is 3.58. The van der Waals surface area contributed by atoms with E-state index >= 15 is 0 Å². The van der Waals surface area contributed by atoms with Gasteiger partial charge in [0.15, 0.2) is 0 Å². The minimum Gasteiger partial charge on any atom is -0.478 e. The lowest BCUT2D eigenvalue weighted by Crippen LogP contribution is -2.32. The van der Waals surface area contributed by atoms with Crippen molar-refractivity contribution in [3.8, 4) is 5.88 Å². The summed E-state index contributed by atoms with van der Waals surface area (Å²) >= 11 is 0. The number of nitrogens with one attached hydrogen (secondary N) is 1. The third-order valence-electron chi connectivity index (χ3n) is 3.58. The van der Waals surface area contributed by atoms with Crippen LogP contribution in [0.5, 0.6) is 5.88 Å². The number of aromatic nitrogens is 2. The van der Waals surface area contributed by atoms with Gasteiger partial charge in [0.1, 0.15) is 12.1 Å².